The van der Waals surface area contributed by atoms with Gasteiger partial charge in [-0.05, 0) is 30.9 Å². The molecule has 1 aromatic rings. The van der Waals surface area contributed by atoms with Gasteiger partial charge in [-0.15, -0.1) is 0 Å². The Bertz CT molecular complexity index is 488. The number of hydrogen-bond acceptors (Lipinski definition) is 3. The van der Waals surface area contributed by atoms with Gasteiger partial charge in [0.25, 0.3) is 0 Å². The van der Waals surface area contributed by atoms with Gasteiger partial charge in [0.15, 0.2) is 0 Å². The molecule has 1 aliphatic heterocycles. The van der Waals surface area contributed by atoms with Crippen LogP contribution in [0.5, 0.6) is 0 Å². The fourth-order valence-electron chi connectivity index (χ4n) is 2.00. The van der Waals surface area contributed by atoms with Crippen LogP contribution >= 0.6 is 0 Å². The first-order valence-electron chi connectivity index (χ1n) is 6.18. The van der Waals surface area contributed by atoms with E-state index in [9.17, 15) is 4.79 Å². The minimum Gasteiger partial charge on any atom is -0.384 e. The monoisotopic (exact) mass is 244 g/mol. The molecule has 0 aromatic carbocycles. The van der Waals surface area contributed by atoms with Gasteiger partial charge in [0.05, 0.1) is 0 Å². The number of pyridine rings is 1. The molecule has 1 amide bonds. The smallest absolute Gasteiger partial charge is 0.228 e. The largest absolute Gasteiger partial charge is 0.384 e. The lowest BCUT2D eigenvalue weighted by Crippen LogP contribution is -2.30. The number of aliphatic hydroxyl groups is 1. The molecule has 0 saturated carbocycles. The zero-order chi connectivity index (χ0) is 12.8. The number of rotatable bonds is 1. The molecular weight excluding hydrogens is 228 g/mol. The Labute approximate surface area is 107 Å². The third kappa shape index (κ3) is 3.08. The van der Waals surface area contributed by atoms with E-state index in [4.69, 9.17) is 5.11 Å². The van der Waals surface area contributed by atoms with Crippen LogP contribution in [0.2, 0.25) is 0 Å². The summed E-state index contributed by atoms with van der Waals surface area (Å²) in [5.74, 6) is 6.10. The Morgan fingerprint density at radius 1 is 1.33 bits per heavy atom. The van der Waals surface area contributed by atoms with Crippen LogP contribution in [0.15, 0.2) is 18.2 Å². The second kappa shape index (κ2) is 6.18. The molecule has 0 radical (unpaired) electrons. The summed E-state index contributed by atoms with van der Waals surface area (Å²) in [6.07, 6.45) is 3.65. The van der Waals surface area contributed by atoms with Crippen LogP contribution < -0.4 is 4.90 Å². The van der Waals surface area contributed by atoms with Crippen molar-refractivity contribution in [2.24, 2.45) is 0 Å². The fraction of sp³-hybridized carbons (Fsp3) is 0.429. The molecule has 0 unspecified atom stereocenters. The average molecular weight is 244 g/mol. The molecule has 1 fully saturated rings. The van der Waals surface area contributed by atoms with Crippen LogP contribution in [0.4, 0.5) is 5.82 Å². The lowest BCUT2D eigenvalue weighted by Gasteiger charge is -2.19. The topological polar surface area (TPSA) is 53.4 Å². The number of aromatic nitrogens is 1. The zero-order valence-corrected chi connectivity index (χ0v) is 10.2. The van der Waals surface area contributed by atoms with Crippen LogP contribution in [0, 0.1) is 11.8 Å². The molecule has 18 heavy (non-hydrogen) atoms. The van der Waals surface area contributed by atoms with Gasteiger partial charge in [-0.2, -0.15) is 0 Å². The lowest BCUT2D eigenvalue weighted by molar-refractivity contribution is -0.118. The van der Waals surface area contributed by atoms with E-state index in [1.807, 2.05) is 12.1 Å². The number of anilines is 1. The van der Waals surface area contributed by atoms with E-state index in [0.29, 0.717) is 17.9 Å². The van der Waals surface area contributed by atoms with Crippen molar-refractivity contribution in [2.75, 3.05) is 18.1 Å². The molecule has 4 heteroatoms. The van der Waals surface area contributed by atoms with Crippen molar-refractivity contribution in [2.45, 2.75) is 25.7 Å². The van der Waals surface area contributed by atoms with E-state index in [0.717, 1.165) is 25.8 Å². The van der Waals surface area contributed by atoms with Gasteiger partial charge in [0.1, 0.15) is 18.1 Å². The minimum atomic E-state index is -0.186. The standard InChI is InChI=1S/C14H16N2O2/c17-11-5-7-12-6-4-8-13(15-12)16-10-3-1-2-9-14(16)18/h4,6,8,17H,1-3,9-11H2. The second-order valence-electron chi connectivity index (χ2n) is 4.20. The summed E-state index contributed by atoms with van der Waals surface area (Å²) < 4.78 is 0. The SMILES string of the molecule is O=C1CCCCCN1c1cccc(C#CCO)n1. The average Bonchev–Trinajstić information content (AvgIpc) is 2.61. The Morgan fingerprint density at radius 3 is 3.06 bits per heavy atom. The van der Waals surface area contributed by atoms with E-state index < -0.39 is 0 Å². The molecule has 4 nitrogen and oxygen atoms in total. The van der Waals surface area contributed by atoms with E-state index >= 15 is 0 Å². The van der Waals surface area contributed by atoms with Gasteiger partial charge in [0, 0.05) is 13.0 Å². The molecule has 0 atom stereocenters. The maximum atomic E-state index is 11.9. The number of carbonyl (C=O) groups excluding carboxylic acids is 1. The normalized spacial score (nSPS) is 15.8. The second-order valence-corrected chi connectivity index (χ2v) is 4.20. The first kappa shape index (κ1) is 12.6. The highest BCUT2D eigenvalue weighted by Crippen LogP contribution is 2.18. The molecule has 1 aliphatic rings. The maximum Gasteiger partial charge on any atom is 0.228 e. The summed E-state index contributed by atoms with van der Waals surface area (Å²) in [7, 11) is 0. The first-order chi connectivity index (χ1) is 8.81. The van der Waals surface area contributed by atoms with E-state index in [-0.39, 0.29) is 12.5 Å². The van der Waals surface area contributed by atoms with Crippen molar-refractivity contribution in [1.82, 2.24) is 4.98 Å². The first-order valence-corrected chi connectivity index (χ1v) is 6.18. The lowest BCUT2D eigenvalue weighted by atomic mass is 10.2. The third-order valence-corrected chi connectivity index (χ3v) is 2.88. The van der Waals surface area contributed by atoms with Gasteiger partial charge < -0.3 is 5.11 Å². The van der Waals surface area contributed by atoms with Crippen molar-refractivity contribution in [1.29, 1.82) is 0 Å². The molecule has 94 valence electrons. The predicted molar refractivity (Wildman–Crippen MR) is 69.0 cm³/mol. The molecule has 0 aliphatic carbocycles. The van der Waals surface area contributed by atoms with Crippen molar-refractivity contribution in [3.05, 3.63) is 23.9 Å². The van der Waals surface area contributed by atoms with Crippen LogP contribution in [0.3, 0.4) is 0 Å². The van der Waals surface area contributed by atoms with Crippen LogP contribution in [0.1, 0.15) is 31.4 Å². The third-order valence-electron chi connectivity index (χ3n) is 2.88. The van der Waals surface area contributed by atoms with Crippen molar-refractivity contribution < 1.29 is 9.90 Å². The van der Waals surface area contributed by atoms with Gasteiger partial charge in [0.2, 0.25) is 5.91 Å². The Balaban J connectivity index is 2.23. The maximum absolute atomic E-state index is 11.9. The van der Waals surface area contributed by atoms with Gasteiger partial charge in [-0.3, -0.25) is 9.69 Å². The molecule has 0 spiro atoms. The number of amides is 1. The summed E-state index contributed by atoms with van der Waals surface area (Å²) in [6, 6.07) is 5.43. The highest BCUT2D eigenvalue weighted by molar-refractivity contribution is 5.92. The molecular formula is C14H16N2O2. The van der Waals surface area contributed by atoms with Crippen LogP contribution in [-0.2, 0) is 4.79 Å². The molecule has 2 rings (SSSR count). The number of carbonyl (C=O) groups is 1. The summed E-state index contributed by atoms with van der Waals surface area (Å²) in [5.41, 5.74) is 0.582. The number of aliphatic hydroxyl groups excluding tert-OH is 1. The molecule has 1 N–H and O–H groups in total. The van der Waals surface area contributed by atoms with Crippen LogP contribution in [-0.4, -0.2) is 29.1 Å². The zero-order valence-electron chi connectivity index (χ0n) is 10.2. The summed E-state index contributed by atoms with van der Waals surface area (Å²) >= 11 is 0. The van der Waals surface area contributed by atoms with E-state index in [1.165, 1.54) is 0 Å². The highest BCUT2D eigenvalue weighted by atomic mass is 16.2. The molecule has 1 saturated heterocycles. The summed E-state index contributed by atoms with van der Waals surface area (Å²) in [6.45, 7) is 0.539. The Hall–Kier alpha value is -1.86. The molecule has 1 aromatic heterocycles. The highest BCUT2D eigenvalue weighted by Gasteiger charge is 2.19. The number of hydrogen-bond donors (Lipinski definition) is 1. The number of nitrogens with zero attached hydrogens (tertiary/aromatic N) is 2. The van der Waals surface area contributed by atoms with Crippen molar-refractivity contribution >= 4 is 11.7 Å². The minimum absolute atomic E-state index is 0.132. The van der Waals surface area contributed by atoms with Crippen molar-refractivity contribution in [3.8, 4) is 11.8 Å². The summed E-state index contributed by atoms with van der Waals surface area (Å²) in [5, 5.41) is 8.66. The van der Waals surface area contributed by atoms with Gasteiger partial charge >= 0.3 is 0 Å². The van der Waals surface area contributed by atoms with Gasteiger partial charge in [-0.25, -0.2) is 4.98 Å². The predicted octanol–water partition coefficient (Wildman–Crippen LogP) is 1.33. The molecule has 0 bridgehead atoms. The van der Waals surface area contributed by atoms with Crippen molar-refractivity contribution in [3.63, 3.8) is 0 Å². The Kier molecular flexibility index (Phi) is 4.32. The van der Waals surface area contributed by atoms with E-state index in [1.54, 1.807) is 11.0 Å². The fourth-order valence-corrected chi connectivity index (χ4v) is 2.00. The summed E-state index contributed by atoms with van der Waals surface area (Å²) in [4.78, 5) is 18.0. The quantitative estimate of drug-likeness (QED) is 0.758. The Morgan fingerprint density at radius 2 is 2.22 bits per heavy atom. The molecule has 2 heterocycles. The van der Waals surface area contributed by atoms with E-state index in [2.05, 4.69) is 16.8 Å². The van der Waals surface area contributed by atoms with Gasteiger partial charge in [-0.1, -0.05) is 18.4 Å². The van der Waals surface area contributed by atoms with Crippen LogP contribution in [0.25, 0.3) is 0 Å².